The van der Waals surface area contributed by atoms with Crippen LogP contribution in [0.3, 0.4) is 0 Å². The van der Waals surface area contributed by atoms with Crippen molar-refractivity contribution in [2.45, 2.75) is 11.8 Å². The molecule has 0 saturated heterocycles. The number of benzene rings is 2. The molecule has 0 aliphatic carbocycles. The summed E-state index contributed by atoms with van der Waals surface area (Å²) < 4.78 is 43.4. The molecule has 118 valence electrons. The van der Waals surface area contributed by atoms with Gasteiger partial charge in [-0.3, -0.25) is 0 Å². The highest BCUT2D eigenvalue weighted by Crippen LogP contribution is 2.25. The van der Waals surface area contributed by atoms with Gasteiger partial charge in [-0.1, -0.05) is 18.2 Å². The molecule has 2 rings (SSSR count). The van der Waals surface area contributed by atoms with Gasteiger partial charge in [-0.05, 0) is 43.3 Å². The fourth-order valence-electron chi connectivity index (χ4n) is 1.94. The van der Waals surface area contributed by atoms with Gasteiger partial charge < -0.3 is 4.74 Å². The quantitative estimate of drug-likeness (QED) is 0.620. The molecule has 0 aliphatic rings. The Balaban J connectivity index is 2.51. The van der Waals surface area contributed by atoms with Crippen LogP contribution in [0.2, 0.25) is 0 Å². The molecule has 0 saturated carbocycles. The molecule has 0 amide bonds. The van der Waals surface area contributed by atoms with Crippen LogP contribution in [-0.4, -0.2) is 15.0 Å². The zero-order chi connectivity index (χ0) is 16.9. The van der Waals surface area contributed by atoms with E-state index in [4.69, 9.17) is 4.74 Å². The van der Waals surface area contributed by atoms with Gasteiger partial charge in [-0.2, -0.15) is 5.26 Å². The Labute approximate surface area is 134 Å². The summed E-state index contributed by atoms with van der Waals surface area (Å²) in [5.74, 6) is -0.0646. The molecule has 0 unspecified atom stereocenters. The number of nitriles is 1. The number of hydrogen-bond acceptors (Lipinski definition) is 4. The maximum absolute atomic E-state index is 13.0. The van der Waals surface area contributed by atoms with Crippen molar-refractivity contribution in [3.05, 3.63) is 64.8 Å². The molecule has 0 radical (unpaired) electrons. The Morgan fingerprint density at radius 1 is 1.22 bits per heavy atom. The lowest BCUT2D eigenvalue weighted by Crippen LogP contribution is -2.04. The summed E-state index contributed by atoms with van der Waals surface area (Å²) >= 11 is 0. The Hall–Kier alpha value is -2.65. The van der Waals surface area contributed by atoms with E-state index in [0.717, 1.165) is 24.3 Å². The van der Waals surface area contributed by atoms with Crippen LogP contribution in [0.15, 0.2) is 58.3 Å². The van der Waals surface area contributed by atoms with Gasteiger partial charge in [0.2, 0.25) is 9.84 Å². The number of para-hydroxylation sites is 1. The Morgan fingerprint density at radius 2 is 1.87 bits per heavy atom. The summed E-state index contributed by atoms with van der Waals surface area (Å²) in [7, 11) is -4.02. The lowest BCUT2D eigenvalue weighted by molar-refractivity contribution is 0.339. The van der Waals surface area contributed by atoms with Gasteiger partial charge >= 0.3 is 0 Å². The number of allylic oxidation sites excluding steroid dienone is 1. The number of sulfone groups is 1. The van der Waals surface area contributed by atoms with Crippen LogP contribution in [0.25, 0.3) is 6.08 Å². The highest BCUT2D eigenvalue weighted by molar-refractivity contribution is 7.95. The van der Waals surface area contributed by atoms with E-state index in [2.05, 4.69) is 0 Å². The first-order valence-electron chi connectivity index (χ1n) is 6.83. The van der Waals surface area contributed by atoms with Crippen LogP contribution in [0.4, 0.5) is 4.39 Å². The van der Waals surface area contributed by atoms with Crippen molar-refractivity contribution in [1.29, 1.82) is 5.26 Å². The zero-order valence-corrected chi connectivity index (χ0v) is 13.2. The summed E-state index contributed by atoms with van der Waals surface area (Å²) in [5, 5.41) is 9.25. The molecule has 2 aromatic carbocycles. The van der Waals surface area contributed by atoms with Gasteiger partial charge in [0.15, 0.2) is 0 Å². The summed E-state index contributed by atoms with van der Waals surface area (Å²) in [6.45, 7) is 2.22. The highest BCUT2D eigenvalue weighted by atomic mass is 32.2. The summed E-state index contributed by atoms with van der Waals surface area (Å²) in [6, 6.07) is 12.8. The van der Waals surface area contributed by atoms with Gasteiger partial charge in [-0.15, -0.1) is 0 Å². The molecule has 23 heavy (non-hydrogen) atoms. The molecule has 0 heterocycles. The lowest BCUT2D eigenvalue weighted by Gasteiger charge is -2.08. The van der Waals surface area contributed by atoms with E-state index in [1.165, 1.54) is 6.08 Å². The van der Waals surface area contributed by atoms with Crippen molar-refractivity contribution in [3.8, 4) is 11.8 Å². The normalized spacial score (nSPS) is 11.8. The van der Waals surface area contributed by atoms with Gasteiger partial charge in [0.1, 0.15) is 22.5 Å². The molecule has 2 aromatic rings. The first kappa shape index (κ1) is 16.7. The fraction of sp³-hybridized carbons (Fsp3) is 0.118. The molecular weight excluding hydrogens is 317 g/mol. The van der Waals surface area contributed by atoms with Crippen molar-refractivity contribution in [2.24, 2.45) is 0 Å². The predicted molar refractivity (Wildman–Crippen MR) is 84.8 cm³/mol. The molecule has 0 spiro atoms. The molecule has 0 N–H and O–H groups in total. The van der Waals surface area contributed by atoms with E-state index in [1.807, 2.05) is 0 Å². The second-order valence-electron chi connectivity index (χ2n) is 4.55. The Morgan fingerprint density at radius 3 is 2.48 bits per heavy atom. The molecule has 6 heteroatoms. The van der Waals surface area contributed by atoms with Gasteiger partial charge in [0.25, 0.3) is 0 Å². The van der Waals surface area contributed by atoms with Crippen LogP contribution in [0.5, 0.6) is 5.75 Å². The van der Waals surface area contributed by atoms with Crippen molar-refractivity contribution in [2.75, 3.05) is 6.61 Å². The van der Waals surface area contributed by atoms with Crippen molar-refractivity contribution in [3.63, 3.8) is 0 Å². The van der Waals surface area contributed by atoms with E-state index >= 15 is 0 Å². The van der Waals surface area contributed by atoms with Crippen molar-refractivity contribution in [1.82, 2.24) is 0 Å². The largest absolute Gasteiger partial charge is 0.493 e. The fourth-order valence-corrected chi connectivity index (χ4v) is 3.09. The third kappa shape index (κ3) is 3.76. The minimum atomic E-state index is -4.02. The van der Waals surface area contributed by atoms with E-state index in [-0.39, 0.29) is 4.90 Å². The van der Waals surface area contributed by atoms with E-state index in [1.54, 1.807) is 37.3 Å². The van der Waals surface area contributed by atoms with E-state index in [9.17, 15) is 18.1 Å². The van der Waals surface area contributed by atoms with Crippen molar-refractivity contribution >= 4 is 15.9 Å². The topological polar surface area (TPSA) is 67.2 Å². The number of ether oxygens (including phenoxy) is 1. The number of halogens is 1. The minimum absolute atomic E-state index is 0.138. The van der Waals surface area contributed by atoms with Gasteiger partial charge in [0.05, 0.1) is 11.5 Å². The van der Waals surface area contributed by atoms with Crippen LogP contribution in [0, 0.1) is 17.1 Å². The van der Waals surface area contributed by atoms with Crippen LogP contribution in [0.1, 0.15) is 12.5 Å². The standard InChI is InChI=1S/C17H14FNO3S/c1-2-22-17-6-4-3-5-13(17)11-16(12-19)23(20,21)15-9-7-14(18)8-10-15/h3-11H,2H2,1H3. The Kier molecular flexibility index (Phi) is 5.14. The molecule has 0 atom stereocenters. The Bertz CT molecular complexity index is 865. The smallest absolute Gasteiger partial charge is 0.216 e. The maximum Gasteiger partial charge on any atom is 0.216 e. The molecule has 0 aliphatic heterocycles. The van der Waals surface area contributed by atoms with Crippen LogP contribution >= 0.6 is 0 Å². The maximum atomic E-state index is 13.0. The second-order valence-corrected chi connectivity index (χ2v) is 6.47. The lowest BCUT2D eigenvalue weighted by atomic mass is 10.2. The molecule has 0 aromatic heterocycles. The van der Waals surface area contributed by atoms with Crippen LogP contribution < -0.4 is 4.74 Å². The highest BCUT2D eigenvalue weighted by Gasteiger charge is 2.21. The SMILES string of the molecule is CCOc1ccccc1C=C(C#N)S(=O)(=O)c1ccc(F)cc1. The number of hydrogen-bond donors (Lipinski definition) is 0. The van der Waals surface area contributed by atoms with Crippen molar-refractivity contribution < 1.29 is 17.5 Å². The summed E-state index contributed by atoms with van der Waals surface area (Å²) in [5.41, 5.74) is 0.483. The third-order valence-electron chi connectivity index (χ3n) is 3.03. The van der Waals surface area contributed by atoms with Crippen LogP contribution in [-0.2, 0) is 9.84 Å². The van der Waals surface area contributed by atoms with E-state index in [0.29, 0.717) is 17.9 Å². The van der Waals surface area contributed by atoms with Gasteiger partial charge in [-0.25, -0.2) is 12.8 Å². The average molecular weight is 331 g/mol. The molecule has 0 bridgehead atoms. The molecule has 4 nitrogen and oxygen atoms in total. The molecular formula is C17H14FNO3S. The molecule has 0 fully saturated rings. The average Bonchev–Trinajstić information content (AvgIpc) is 2.54. The third-order valence-corrected chi connectivity index (χ3v) is 4.71. The van der Waals surface area contributed by atoms with Gasteiger partial charge in [0, 0.05) is 5.56 Å². The monoisotopic (exact) mass is 331 g/mol. The zero-order valence-electron chi connectivity index (χ0n) is 12.4. The number of nitrogens with zero attached hydrogens (tertiary/aromatic N) is 1. The summed E-state index contributed by atoms with van der Waals surface area (Å²) in [6.07, 6.45) is 1.25. The second kappa shape index (κ2) is 7.07. The number of rotatable bonds is 5. The predicted octanol–water partition coefficient (Wildman–Crippen LogP) is 3.56. The minimum Gasteiger partial charge on any atom is -0.493 e. The first-order valence-corrected chi connectivity index (χ1v) is 8.31. The first-order chi connectivity index (χ1) is 11.0. The van der Waals surface area contributed by atoms with E-state index < -0.39 is 20.6 Å². The summed E-state index contributed by atoms with van der Waals surface area (Å²) in [4.78, 5) is -0.572.